The lowest BCUT2D eigenvalue weighted by Crippen LogP contribution is -2.01. The molecule has 1 heterocycles. The van der Waals surface area contributed by atoms with Gasteiger partial charge in [0.2, 0.25) is 11.8 Å². The van der Waals surface area contributed by atoms with Crippen molar-refractivity contribution in [2.75, 3.05) is 5.32 Å². The molecule has 0 aliphatic rings. The van der Waals surface area contributed by atoms with Crippen LogP contribution in [0.2, 0.25) is 0 Å². The van der Waals surface area contributed by atoms with Crippen LogP contribution in [0, 0.1) is 18.3 Å². The summed E-state index contributed by atoms with van der Waals surface area (Å²) in [5.41, 5.74) is 3.35. The van der Waals surface area contributed by atoms with Crippen molar-refractivity contribution in [1.82, 2.24) is 10.2 Å². The topological polar surface area (TPSA) is 74.7 Å². The van der Waals surface area contributed by atoms with E-state index in [-0.39, 0.29) is 0 Å². The monoisotopic (exact) mass is 290 g/mol. The normalized spacial score (nSPS) is 10.2. The summed E-state index contributed by atoms with van der Waals surface area (Å²) in [4.78, 5) is 0. The van der Waals surface area contributed by atoms with Crippen LogP contribution in [0.15, 0.2) is 52.9 Å². The summed E-state index contributed by atoms with van der Waals surface area (Å²) in [6.07, 6.45) is 0. The molecule has 3 aromatic rings. The quantitative estimate of drug-likeness (QED) is 0.795. The van der Waals surface area contributed by atoms with Crippen LogP contribution in [-0.2, 0) is 6.54 Å². The Balaban J connectivity index is 1.76. The van der Waals surface area contributed by atoms with Gasteiger partial charge in [-0.05, 0) is 30.7 Å². The molecular weight excluding hydrogens is 276 g/mol. The molecule has 1 aromatic heterocycles. The van der Waals surface area contributed by atoms with E-state index in [2.05, 4.69) is 21.6 Å². The van der Waals surface area contributed by atoms with Crippen molar-refractivity contribution in [2.24, 2.45) is 0 Å². The first-order valence-electron chi connectivity index (χ1n) is 6.89. The lowest BCUT2D eigenvalue weighted by Gasteiger charge is -2.04. The van der Waals surface area contributed by atoms with Crippen molar-refractivity contribution in [1.29, 1.82) is 5.26 Å². The summed E-state index contributed by atoms with van der Waals surface area (Å²) in [6, 6.07) is 17.3. The third-order valence-electron chi connectivity index (χ3n) is 3.32. The number of anilines is 1. The molecule has 0 radical (unpaired) electrons. The van der Waals surface area contributed by atoms with Crippen LogP contribution < -0.4 is 5.32 Å². The summed E-state index contributed by atoms with van der Waals surface area (Å²) < 4.78 is 5.68. The van der Waals surface area contributed by atoms with E-state index in [0.717, 1.165) is 16.8 Å². The largest absolute Gasteiger partial charge is 0.419 e. The summed E-state index contributed by atoms with van der Waals surface area (Å²) in [7, 11) is 0. The van der Waals surface area contributed by atoms with Crippen LogP contribution in [0.5, 0.6) is 0 Å². The van der Waals surface area contributed by atoms with Gasteiger partial charge < -0.3 is 9.73 Å². The fraction of sp³-hybridized carbons (Fsp3) is 0.118. The van der Waals surface area contributed by atoms with Gasteiger partial charge in [-0.15, -0.1) is 10.2 Å². The molecule has 5 heteroatoms. The fourth-order valence-corrected chi connectivity index (χ4v) is 2.15. The van der Waals surface area contributed by atoms with Gasteiger partial charge in [-0.25, -0.2) is 0 Å². The summed E-state index contributed by atoms with van der Waals surface area (Å²) in [5.74, 6) is 0.981. The Bertz CT molecular complexity index is 832. The fourth-order valence-electron chi connectivity index (χ4n) is 2.15. The second kappa shape index (κ2) is 6.10. The van der Waals surface area contributed by atoms with Crippen molar-refractivity contribution in [3.63, 3.8) is 0 Å². The van der Waals surface area contributed by atoms with E-state index >= 15 is 0 Å². The van der Waals surface area contributed by atoms with Gasteiger partial charge in [-0.1, -0.05) is 30.3 Å². The molecule has 2 aromatic carbocycles. The van der Waals surface area contributed by atoms with Gasteiger partial charge in [-0.3, -0.25) is 0 Å². The van der Waals surface area contributed by atoms with Gasteiger partial charge in [0.05, 0.1) is 17.8 Å². The number of rotatable bonds is 4. The molecule has 0 aliphatic carbocycles. The Morgan fingerprint density at radius 2 is 1.86 bits per heavy atom. The van der Waals surface area contributed by atoms with Crippen LogP contribution in [0.25, 0.3) is 11.5 Å². The molecule has 0 aliphatic heterocycles. The Labute approximate surface area is 128 Å². The third kappa shape index (κ3) is 2.81. The molecule has 0 atom stereocenters. The Morgan fingerprint density at radius 3 is 2.68 bits per heavy atom. The first kappa shape index (κ1) is 13.8. The van der Waals surface area contributed by atoms with Gasteiger partial charge in [0, 0.05) is 5.56 Å². The van der Waals surface area contributed by atoms with Crippen molar-refractivity contribution >= 4 is 5.69 Å². The Morgan fingerprint density at radius 1 is 1.09 bits per heavy atom. The van der Waals surface area contributed by atoms with E-state index in [4.69, 9.17) is 9.68 Å². The van der Waals surface area contributed by atoms with E-state index in [1.807, 2.05) is 49.4 Å². The number of nitrogens with zero attached hydrogens (tertiary/aromatic N) is 3. The maximum Gasteiger partial charge on any atom is 0.248 e. The molecule has 0 bridgehead atoms. The highest BCUT2D eigenvalue weighted by atomic mass is 16.4. The number of hydrogen-bond donors (Lipinski definition) is 1. The van der Waals surface area contributed by atoms with Gasteiger partial charge >= 0.3 is 0 Å². The highest BCUT2D eigenvalue weighted by Crippen LogP contribution is 2.22. The van der Waals surface area contributed by atoms with Gasteiger partial charge in [0.15, 0.2) is 0 Å². The minimum Gasteiger partial charge on any atom is -0.419 e. The van der Waals surface area contributed by atoms with Crippen LogP contribution in [0.1, 0.15) is 17.0 Å². The predicted molar refractivity (Wildman–Crippen MR) is 83.0 cm³/mol. The predicted octanol–water partition coefficient (Wildman–Crippen LogP) is 3.53. The number of benzene rings is 2. The first-order chi connectivity index (χ1) is 10.8. The molecule has 1 N–H and O–H groups in total. The second-order valence-electron chi connectivity index (χ2n) is 4.83. The molecule has 0 amide bonds. The number of aromatic nitrogens is 2. The summed E-state index contributed by atoms with van der Waals surface area (Å²) >= 11 is 0. The number of hydrogen-bond acceptors (Lipinski definition) is 5. The van der Waals surface area contributed by atoms with E-state index in [9.17, 15) is 0 Å². The van der Waals surface area contributed by atoms with Gasteiger partial charge in [-0.2, -0.15) is 5.26 Å². The zero-order valence-electron chi connectivity index (χ0n) is 12.1. The highest BCUT2D eigenvalue weighted by molar-refractivity contribution is 5.58. The Kier molecular flexibility index (Phi) is 3.84. The zero-order chi connectivity index (χ0) is 15.4. The standard InChI is InChI=1S/C17H14N4O/c1-12-6-2-4-8-14(12)17-21-20-16(22-17)11-19-15-9-5-3-7-13(15)10-18/h2-9,19H,11H2,1H3. The molecule has 0 unspecified atom stereocenters. The minimum absolute atomic E-state index is 0.373. The second-order valence-corrected chi connectivity index (χ2v) is 4.83. The van der Waals surface area contributed by atoms with Crippen LogP contribution in [-0.4, -0.2) is 10.2 Å². The average molecular weight is 290 g/mol. The van der Waals surface area contributed by atoms with E-state index < -0.39 is 0 Å². The minimum atomic E-state index is 0.373. The molecule has 22 heavy (non-hydrogen) atoms. The maximum atomic E-state index is 9.06. The van der Waals surface area contributed by atoms with E-state index in [1.165, 1.54) is 0 Å². The lowest BCUT2D eigenvalue weighted by atomic mass is 10.1. The van der Waals surface area contributed by atoms with Gasteiger partial charge in [0.25, 0.3) is 0 Å². The summed E-state index contributed by atoms with van der Waals surface area (Å²) in [5, 5.41) is 20.3. The molecule has 0 fully saturated rings. The van der Waals surface area contributed by atoms with E-state index in [0.29, 0.717) is 23.9 Å². The molecule has 3 rings (SSSR count). The molecule has 0 saturated heterocycles. The molecule has 0 spiro atoms. The average Bonchev–Trinajstić information content (AvgIpc) is 3.02. The van der Waals surface area contributed by atoms with Crippen LogP contribution in [0.4, 0.5) is 5.69 Å². The smallest absolute Gasteiger partial charge is 0.248 e. The lowest BCUT2D eigenvalue weighted by molar-refractivity contribution is 0.514. The zero-order valence-corrected chi connectivity index (χ0v) is 12.1. The number of nitrogens with one attached hydrogen (secondary N) is 1. The van der Waals surface area contributed by atoms with Crippen molar-refractivity contribution in [3.05, 3.63) is 65.5 Å². The summed E-state index contributed by atoms with van der Waals surface area (Å²) in [6.45, 7) is 2.37. The van der Waals surface area contributed by atoms with Crippen molar-refractivity contribution in [2.45, 2.75) is 13.5 Å². The Hall–Kier alpha value is -3.13. The maximum absolute atomic E-state index is 9.06. The number of para-hydroxylation sites is 1. The first-order valence-corrected chi connectivity index (χ1v) is 6.89. The third-order valence-corrected chi connectivity index (χ3v) is 3.32. The van der Waals surface area contributed by atoms with Crippen molar-refractivity contribution in [3.8, 4) is 17.5 Å². The van der Waals surface area contributed by atoms with Crippen molar-refractivity contribution < 1.29 is 4.42 Å². The molecule has 5 nitrogen and oxygen atoms in total. The number of nitriles is 1. The highest BCUT2D eigenvalue weighted by Gasteiger charge is 2.10. The van der Waals surface area contributed by atoms with Crippen LogP contribution in [0.3, 0.4) is 0 Å². The molecule has 108 valence electrons. The number of aryl methyl sites for hydroxylation is 1. The van der Waals surface area contributed by atoms with E-state index in [1.54, 1.807) is 6.07 Å². The van der Waals surface area contributed by atoms with Gasteiger partial charge in [0.1, 0.15) is 6.07 Å². The van der Waals surface area contributed by atoms with Crippen LogP contribution >= 0.6 is 0 Å². The molecule has 0 saturated carbocycles. The molecular formula is C17H14N4O. The SMILES string of the molecule is Cc1ccccc1-c1nnc(CNc2ccccc2C#N)o1.